The Bertz CT molecular complexity index is 375. The van der Waals surface area contributed by atoms with Crippen LogP contribution in [0.15, 0.2) is 12.1 Å². The van der Waals surface area contributed by atoms with Gasteiger partial charge in [0.1, 0.15) is 6.61 Å². The van der Waals surface area contributed by atoms with Gasteiger partial charge in [0, 0.05) is 5.69 Å². The molecule has 0 fully saturated rings. The maximum atomic E-state index is 11.6. The predicted octanol–water partition coefficient (Wildman–Crippen LogP) is 3.49. The van der Waals surface area contributed by atoms with E-state index in [9.17, 15) is 13.2 Å². The molecule has 0 aliphatic heterocycles. The molecule has 0 radical (unpaired) electrons. The van der Waals surface area contributed by atoms with Crippen molar-refractivity contribution in [2.75, 3.05) is 18.9 Å². The second-order valence-electron chi connectivity index (χ2n) is 2.96. The molecule has 0 aliphatic carbocycles. The van der Waals surface area contributed by atoms with Crippen molar-refractivity contribution in [3.8, 4) is 5.75 Å². The molecule has 1 aromatic carbocycles. The molecule has 0 saturated heterocycles. The predicted molar refractivity (Wildman–Crippen MR) is 58.4 cm³/mol. The number of ether oxygens (including phenoxy) is 2. The van der Waals surface area contributed by atoms with Gasteiger partial charge in [-0.25, -0.2) is 0 Å². The van der Waals surface area contributed by atoms with Crippen molar-refractivity contribution < 1.29 is 22.6 Å². The number of anilines is 1. The number of halogens is 5. The highest BCUT2D eigenvalue weighted by Crippen LogP contribution is 2.35. The van der Waals surface area contributed by atoms with Gasteiger partial charge in [0.15, 0.2) is 5.75 Å². The molecule has 0 heterocycles. The lowest BCUT2D eigenvalue weighted by Crippen LogP contribution is -2.18. The van der Waals surface area contributed by atoms with Crippen molar-refractivity contribution in [2.24, 2.45) is 0 Å². The van der Waals surface area contributed by atoms with Crippen LogP contribution in [0.2, 0.25) is 10.0 Å². The van der Waals surface area contributed by atoms with Gasteiger partial charge >= 0.3 is 6.36 Å². The van der Waals surface area contributed by atoms with Gasteiger partial charge in [-0.3, -0.25) is 4.74 Å². The van der Waals surface area contributed by atoms with Gasteiger partial charge in [-0.15, -0.1) is 13.2 Å². The summed E-state index contributed by atoms with van der Waals surface area (Å²) in [6, 6.07) is 2.76. The summed E-state index contributed by atoms with van der Waals surface area (Å²) < 4.78 is 43.4. The highest BCUT2D eigenvalue weighted by molar-refractivity contribution is 6.37. The molecule has 17 heavy (non-hydrogen) atoms. The Labute approximate surface area is 105 Å². The van der Waals surface area contributed by atoms with Crippen LogP contribution < -0.4 is 10.5 Å². The van der Waals surface area contributed by atoms with E-state index in [1.165, 1.54) is 12.1 Å². The third-order valence-corrected chi connectivity index (χ3v) is 2.18. The lowest BCUT2D eigenvalue weighted by atomic mass is 10.3. The van der Waals surface area contributed by atoms with Crippen LogP contribution in [0.5, 0.6) is 5.75 Å². The lowest BCUT2D eigenvalue weighted by molar-refractivity contribution is -0.325. The van der Waals surface area contributed by atoms with Crippen molar-refractivity contribution in [2.45, 2.75) is 6.36 Å². The molecular weight excluding hydrogens is 282 g/mol. The third-order valence-electron chi connectivity index (χ3n) is 1.62. The number of hydrogen-bond donors (Lipinski definition) is 1. The van der Waals surface area contributed by atoms with E-state index >= 15 is 0 Å². The van der Waals surface area contributed by atoms with Gasteiger partial charge in [-0.2, -0.15) is 0 Å². The Hall–Kier alpha value is -0.850. The van der Waals surface area contributed by atoms with E-state index in [1.54, 1.807) is 0 Å². The minimum atomic E-state index is -4.68. The Morgan fingerprint density at radius 2 is 1.65 bits per heavy atom. The fourth-order valence-corrected chi connectivity index (χ4v) is 1.63. The second kappa shape index (κ2) is 5.66. The van der Waals surface area contributed by atoms with E-state index in [1.807, 2.05) is 0 Å². The third kappa shape index (κ3) is 4.89. The Balaban J connectivity index is 2.53. The molecule has 8 heteroatoms. The summed E-state index contributed by atoms with van der Waals surface area (Å²) >= 11 is 11.5. The first-order valence-electron chi connectivity index (χ1n) is 4.37. The summed E-state index contributed by atoms with van der Waals surface area (Å²) in [5.41, 5.74) is 5.77. The molecule has 0 spiro atoms. The molecule has 1 aromatic rings. The maximum absolute atomic E-state index is 11.6. The molecule has 0 aliphatic rings. The lowest BCUT2D eigenvalue weighted by Gasteiger charge is -2.11. The van der Waals surface area contributed by atoms with E-state index in [-0.39, 0.29) is 22.4 Å². The van der Waals surface area contributed by atoms with Gasteiger partial charge in [-0.05, 0) is 12.1 Å². The normalized spacial score (nSPS) is 11.6. The SMILES string of the molecule is Nc1cc(Cl)c(OCCOC(F)(F)F)c(Cl)c1. The molecular formula is C9H8Cl2F3NO2. The summed E-state index contributed by atoms with van der Waals surface area (Å²) in [6.45, 7) is -0.983. The first-order chi connectivity index (χ1) is 7.79. The van der Waals surface area contributed by atoms with Crippen LogP contribution in [-0.2, 0) is 4.74 Å². The summed E-state index contributed by atoms with van der Waals surface area (Å²) in [7, 11) is 0. The molecule has 96 valence electrons. The molecule has 0 saturated carbocycles. The quantitative estimate of drug-likeness (QED) is 0.682. The molecule has 3 nitrogen and oxygen atoms in total. The zero-order chi connectivity index (χ0) is 13.1. The van der Waals surface area contributed by atoms with E-state index in [0.717, 1.165) is 0 Å². The van der Waals surface area contributed by atoms with Crippen molar-refractivity contribution in [3.63, 3.8) is 0 Å². The van der Waals surface area contributed by atoms with Crippen LogP contribution >= 0.6 is 23.2 Å². The number of hydrogen-bond acceptors (Lipinski definition) is 3. The van der Waals surface area contributed by atoms with Gasteiger partial charge in [0.2, 0.25) is 0 Å². The Morgan fingerprint density at radius 3 is 2.12 bits per heavy atom. The number of rotatable bonds is 4. The van der Waals surface area contributed by atoms with Crippen molar-refractivity contribution in [1.29, 1.82) is 0 Å². The average molecular weight is 290 g/mol. The van der Waals surface area contributed by atoms with Crippen LogP contribution in [-0.4, -0.2) is 19.6 Å². The van der Waals surface area contributed by atoms with E-state index in [0.29, 0.717) is 5.69 Å². The highest BCUT2D eigenvalue weighted by Gasteiger charge is 2.28. The van der Waals surface area contributed by atoms with E-state index in [4.69, 9.17) is 33.7 Å². The molecule has 0 amide bonds. The van der Waals surface area contributed by atoms with Gasteiger partial charge < -0.3 is 10.5 Å². The standard InChI is InChI=1S/C9H8Cl2F3NO2/c10-6-3-5(15)4-7(11)8(6)16-1-2-17-9(12,13)14/h3-4H,1-2,15H2. The first kappa shape index (κ1) is 14.2. The van der Waals surface area contributed by atoms with Crippen molar-refractivity contribution in [3.05, 3.63) is 22.2 Å². The number of benzene rings is 1. The van der Waals surface area contributed by atoms with Crippen molar-refractivity contribution >= 4 is 28.9 Å². The van der Waals surface area contributed by atoms with E-state index < -0.39 is 13.0 Å². The number of nitrogens with two attached hydrogens (primary N) is 1. The smallest absolute Gasteiger partial charge is 0.488 e. The topological polar surface area (TPSA) is 44.5 Å². The van der Waals surface area contributed by atoms with Gasteiger partial charge in [0.05, 0.1) is 16.7 Å². The van der Waals surface area contributed by atoms with E-state index in [2.05, 4.69) is 4.74 Å². The fraction of sp³-hybridized carbons (Fsp3) is 0.333. The first-order valence-corrected chi connectivity index (χ1v) is 5.13. The van der Waals surface area contributed by atoms with Crippen LogP contribution in [0, 0.1) is 0 Å². The number of alkyl halides is 3. The maximum Gasteiger partial charge on any atom is 0.522 e. The molecule has 0 unspecified atom stereocenters. The van der Waals surface area contributed by atoms with Crippen LogP contribution in [0.4, 0.5) is 18.9 Å². The van der Waals surface area contributed by atoms with Crippen molar-refractivity contribution in [1.82, 2.24) is 0 Å². The molecule has 0 atom stereocenters. The summed E-state index contributed by atoms with van der Waals surface area (Å²) in [5, 5.41) is 0.254. The molecule has 1 rings (SSSR count). The molecule has 2 N–H and O–H groups in total. The Kier molecular flexibility index (Phi) is 4.73. The molecule has 0 aromatic heterocycles. The summed E-state index contributed by atoms with van der Waals surface area (Å²) in [5.74, 6) is 0.0771. The highest BCUT2D eigenvalue weighted by atomic mass is 35.5. The number of nitrogen functional groups attached to an aromatic ring is 1. The van der Waals surface area contributed by atoms with Gasteiger partial charge in [-0.1, -0.05) is 23.2 Å². The van der Waals surface area contributed by atoms with Crippen LogP contribution in [0.1, 0.15) is 0 Å². The molecule has 0 bridgehead atoms. The summed E-state index contributed by atoms with van der Waals surface area (Å²) in [6.07, 6.45) is -4.68. The minimum absolute atomic E-state index is 0.0771. The zero-order valence-corrected chi connectivity index (χ0v) is 9.86. The minimum Gasteiger partial charge on any atom is -0.488 e. The largest absolute Gasteiger partial charge is 0.522 e. The van der Waals surface area contributed by atoms with Crippen LogP contribution in [0.3, 0.4) is 0 Å². The monoisotopic (exact) mass is 289 g/mol. The Morgan fingerprint density at radius 1 is 1.12 bits per heavy atom. The fourth-order valence-electron chi connectivity index (χ4n) is 1.02. The average Bonchev–Trinajstić information content (AvgIpc) is 2.13. The second-order valence-corrected chi connectivity index (χ2v) is 3.77. The summed E-state index contributed by atoms with van der Waals surface area (Å²) in [4.78, 5) is 0. The van der Waals surface area contributed by atoms with Crippen LogP contribution in [0.25, 0.3) is 0 Å². The zero-order valence-electron chi connectivity index (χ0n) is 8.35. The van der Waals surface area contributed by atoms with Gasteiger partial charge in [0.25, 0.3) is 0 Å².